The molecule has 4 aromatic rings. The Bertz CT molecular complexity index is 1140. The zero-order valence-electron chi connectivity index (χ0n) is 15.6. The number of aromatic nitrogens is 3. The molecule has 0 fully saturated rings. The summed E-state index contributed by atoms with van der Waals surface area (Å²) in [7, 11) is 5.29. The number of imidazole rings is 1. The number of ether oxygens (including phenoxy) is 2. The van der Waals surface area contributed by atoms with Gasteiger partial charge in [-0.25, -0.2) is 9.97 Å². The highest BCUT2D eigenvalue weighted by atomic mass is 35.5. The number of hydrogen-bond acceptors (Lipinski definition) is 6. The average molecular weight is 432 g/mol. The van der Waals surface area contributed by atoms with E-state index in [0.717, 1.165) is 38.2 Å². The first kappa shape index (κ1) is 19.1. The largest absolute Gasteiger partial charge is 0.493 e. The molecule has 2 heterocycles. The topological polar surface area (TPSA) is 49.2 Å². The van der Waals surface area contributed by atoms with Crippen LogP contribution in [0.25, 0.3) is 21.6 Å². The molecule has 5 nitrogen and oxygen atoms in total. The van der Waals surface area contributed by atoms with Gasteiger partial charge in [0.2, 0.25) is 0 Å². The van der Waals surface area contributed by atoms with Crippen molar-refractivity contribution < 1.29 is 9.47 Å². The van der Waals surface area contributed by atoms with Crippen molar-refractivity contribution in [2.45, 2.75) is 10.9 Å². The van der Waals surface area contributed by atoms with Gasteiger partial charge < -0.3 is 14.0 Å². The smallest absolute Gasteiger partial charge is 0.170 e. The van der Waals surface area contributed by atoms with Crippen LogP contribution < -0.4 is 9.47 Å². The van der Waals surface area contributed by atoms with E-state index in [9.17, 15) is 0 Å². The Balaban J connectivity index is 1.56. The van der Waals surface area contributed by atoms with Gasteiger partial charge in [0.1, 0.15) is 5.01 Å². The molecule has 0 amide bonds. The van der Waals surface area contributed by atoms with E-state index in [1.165, 1.54) is 0 Å². The van der Waals surface area contributed by atoms with Crippen LogP contribution in [-0.4, -0.2) is 28.8 Å². The molecule has 0 bridgehead atoms. The van der Waals surface area contributed by atoms with E-state index in [2.05, 4.69) is 14.9 Å². The van der Waals surface area contributed by atoms with E-state index in [-0.39, 0.29) is 0 Å². The number of benzene rings is 2. The lowest BCUT2D eigenvalue weighted by molar-refractivity contribution is 0.356. The monoisotopic (exact) mass is 431 g/mol. The number of hydrogen-bond donors (Lipinski definition) is 0. The van der Waals surface area contributed by atoms with E-state index in [4.69, 9.17) is 26.1 Å². The fourth-order valence-electron chi connectivity index (χ4n) is 2.97. The van der Waals surface area contributed by atoms with Crippen molar-refractivity contribution in [3.8, 4) is 22.1 Å². The summed E-state index contributed by atoms with van der Waals surface area (Å²) in [6.45, 7) is 0. The third kappa shape index (κ3) is 3.57. The van der Waals surface area contributed by atoms with Gasteiger partial charge in [0.25, 0.3) is 0 Å². The number of para-hydroxylation sites is 1. The molecular formula is C20H18ClN3O2S2. The second-order valence-electron chi connectivity index (χ2n) is 6.06. The van der Waals surface area contributed by atoms with Crippen LogP contribution in [0.4, 0.5) is 0 Å². The van der Waals surface area contributed by atoms with Crippen molar-refractivity contribution in [2.75, 3.05) is 14.2 Å². The summed E-state index contributed by atoms with van der Waals surface area (Å²) in [5, 5.41) is 4.60. The molecule has 144 valence electrons. The summed E-state index contributed by atoms with van der Waals surface area (Å²) in [6, 6.07) is 11.6. The summed E-state index contributed by atoms with van der Waals surface area (Å²) in [5.41, 5.74) is 3.89. The molecule has 0 atom stereocenters. The summed E-state index contributed by atoms with van der Waals surface area (Å²) in [6.07, 6.45) is 0. The molecule has 2 aromatic carbocycles. The van der Waals surface area contributed by atoms with Gasteiger partial charge in [-0.1, -0.05) is 29.4 Å². The van der Waals surface area contributed by atoms with E-state index >= 15 is 0 Å². The minimum atomic E-state index is 0.693. The molecule has 0 saturated carbocycles. The highest BCUT2D eigenvalue weighted by Gasteiger charge is 2.15. The number of halogens is 1. The standard InChI is InChI=1S/C20H18ClN3O2S2/c1-24-16-8-7-12(21)9-15(16)23-20(24)28-11-13-10-27-19(22-13)14-5-4-6-17(25-2)18(14)26-3/h4-10H,11H2,1-3H3. The van der Waals surface area contributed by atoms with Crippen LogP contribution in [0.15, 0.2) is 46.9 Å². The fraction of sp³-hybridized carbons (Fsp3) is 0.200. The maximum absolute atomic E-state index is 6.08. The van der Waals surface area contributed by atoms with E-state index in [1.807, 2.05) is 43.4 Å². The van der Waals surface area contributed by atoms with Crippen LogP contribution >= 0.6 is 34.7 Å². The number of thioether (sulfide) groups is 1. The first-order chi connectivity index (χ1) is 13.6. The predicted octanol–water partition coefficient (Wildman–Crippen LogP) is 5.66. The SMILES string of the molecule is COc1cccc(-c2nc(CSc3nc4cc(Cl)ccc4n3C)cs2)c1OC. The Morgan fingerprint density at radius 3 is 2.79 bits per heavy atom. The van der Waals surface area contributed by atoms with E-state index in [0.29, 0.717) is 16.5 Å². The quantitative estimate of drug-likeness (QED) is 0.368. The van der Waals surface area contributed by atoms with Gasteiger partial charge in [0.05, 0.1) is 36.5 Å². The summed E-state index contributed by atoms with van der Waals surface area (Å²) in [4.78, 5) is 9.47. The van der Waals surface area contributed by atoms with Crippen LogP contribution in [0.5, 0.6) is 11.5 Å². The molecule has 0 aliphatic heterocycles. The van der Waals surface area contributed by atoms with Crippen LogP contribution in [0.1, 0.15) is 5.69 Å². The summed E-state index contributed by atoms with van der Waals surface area (Å²) in [5.74, 6) is 2.13. The third-order valence-corrected chi connectivity index (χ3v) is 6.56. The summed E-state index contributed by atoms with van der Waals surface area (Å²) < 4.78 is 13.0. The lowest BCUT2D eigenvalue weighted by atomic mass is 10.2. The number of aryl methyl sites for hydroxylation is 1. The molecule has 28 heavy (non-hydrogen) atoms. The van der Waals surface area contributed by atoms with Crippen molar-refractivity contribution in [3.05, 3.63) is 52.5 Å². The number of fused-ring (bicyclic) bond motifs is 1. The van der Waals surface area contributed by atoms with Gasteiger partial charge in [-0.2, -0.15) is 0 Å². The highest BCUT2D eigenvalue weighted by Crippen LogP contribution is 2.39. The van der Waals surface area contributed by atoms with Gasteiger partial charge in [0.15, 0.2) is 16.7 Å². The molecule has 8 heteroatoms. The second kappa shape index (κ2) is 8.03. The van der Waals surface area contributed by atoms with Gasteiger partial charge >= 0.3 is 0 Å². The predicted molar refractivity (Wildman–Crippen MR) is 116 cm³/mol. The van der Waals surface area contributed by atoms with Gasteiger partial charge in [-0.3, -0.25) is 0 Å². The maximum atomic E-state index is 6.08. The zero-order valence-corrected chi connectivity index (χ0v) is 18.0. The first-order valence-corrected chi connectivity index (χ1v) is 10.8. The molecule has 2 aromatic heterocycles. The number of nitrogens with zero attached hydrogens (tertiary/aromatic N) is 3. The third-order valence-electron chi connectivity index (χ3n) is 4.34. The molecule has 0 saturated heterocycles. The Morgan fingerprint density at radius 1 is 1.14 bits per heavy atom. The van der Waals surface area contributed by atoms with Crippen molar-refractivity contribution in [3.63, 3.8) is 0 Å². The second-order valence-corrected chi connectivity index (χ2v) is 8.30. The van der Waals surface area contributed by atoms with E-state index < -0.39 is 0 Å². The fourth-order valence-corrected chi connectivity index (χ4v) is 4.96. The van der Waals surface area contributed by atoms with Crippen LogP contribution in [0.2, 0.25) is 5.02 Å². The van der Waals surface area contributed by atoms with E-state index in [1.54, 1.807) is 37.3 Å². The minimum absolute atomic E-state index is 0.693. The minimum Gasteiger partial charge on any atom is -0.493 e. The molecule has 0 spiro atoms. The van der Waals surface area contributed by atoms with Gasteiger partial charge in [0, 0.05) is 23.2 Å². The molecule has 0 radical (unpaired) electrons. The lowest BCUT2D eigenvalue weighted by Gasteiger charge is -2.10. The Hall–Kier alpha value is -2.22. The first-order valence-electron chi connectivity index (χ1n) is 8.51. The molecule has 4 rings (SSSR count). The molecule has 0 aliphatic rings. The summed E-state index contributed by atoms with van der Waals surface area (Å²) >= 11 is 9.32. The Kier molecular flexibility index (Phi) is 5.48. The maximum Gasteiger partial charge on any atom is 0.170 e. The molecule has 0 N–H and O–H groups in total. The molecule has 0 aliphatic carbocycles. The van der Waals surface area contributed by atoms with Crippen LogP contribution in [0, 0.1) is 0 Å². The van der Waals surface area contributed by atoms with Crippen molar-refractivity contribution >= 4 is 45.7 Å². The number of methoxy groups -OCH3 is 2. The number of thiazole rings is 1. The van der Waals surface area contributed by atoms with Crippen molar-refractivity contribution in [1.29, 1.82) is 0 Å². The van der Waals surface area contributed by atoms with Crippen molar-refractivity contribution in [2.24, 2.45) is 7.05 Å². The van der Waals surface area contributed by atoms with Crippen molar-refractivity contribution in [1.82, 2.24) is 14.5 Å². The van der Waals surface area contributed by atoms with Gasteiger partial charge in [-0.05, 0) is 30.3 Å². The average Bonchev–Trinajstić information content (AvgIpc) is 3.30. The molecular weight excluding hydrogens is 414 g/mol. The van der Waals surface area contributed by atoms with Crippen LogP contribution in [0.3, 0.4) is 0 Å². The zero-order chi connectivity index (χ0) is 19.7. The normalized spacial score (nSPS) is 11.1. The van der Waals surface area contributed by atoms with Crippen LogP contribution in [-0.2, 0) is 12.8 Å². The Morgan fingerprint density at radius 2 is 2.00 bits per heavy atom. The number of rotatable bonds is 6. The van der Waals surface area contributed by atoms with Gasteiger partial charge in [-0.15, -0.1) is 11.3 Å². The highest BCUT2D eigenvalue weighted by molar-refractivity contribution is 7.98. The molecule has 0 unspecified atom stereocenters. The Labute approximate surface area is 176 Å². The lowest BCUT2D eigenvalue weighted by Crippen LogP contribution is -1.93.